The molecule has 1 fully saturated rings. The van der Waals surface area contributed by atoms with Gasteiger partial charge in [0.1, 0.15) is 0 Å². The molecular formula is C16H25N3O. The van der Waals surface area contributed by atoms with Gasteiger partial charge in [0.25, 0.3) is 0 Å². The number of benzene rings is 1. The van der Waals surface area contributed by atoms with Crippen molar-refractivity contribution in [1.29, 1.82) is 0 Å². The molecule has 4 heteroatoms. The van der Waals surface area contributed by atoms with Gasteiger partial charge in [-0.1, -0.05) is 18.2 Å². The van der Waals surface area contributed by atoms with Crippen LogP contribution in [-0.4, -0.2) is 44.0 Å². The normalized spacial score (nSPS) is 14.6. The van der Waals surface area contributed by atoms with E-state index in [0.29, 0.717) is 6.54 Å². The Morgan fingerprint density at radius 2 is 2.00 bits per heavy atom. The fraction of sp³-hybridized carbons (Fsp3) is 0.562. The monoisotopic (exact) mass is 275 g/mol. The number of hydrogen-bond acceptors (Lipinski definition) is 3. The van der Waals surface area contributed by atoms with E-state index in [1.807, 2.05) is 14.0 Å². The van der Waals surface area contributed by atoms with Gasteiger partial charge in [-0.05, 0) is 31.4 Å². The number of likely N-dealkylation sites (N-methyl/N-ethyl adjacent to an activating group) is 1. The third-order valence-electron chi connectivity index (χ3n) is 3.93. The molecule has 0 saturated carbocycles. The second-order valence-corrected chi connectivity index (χ2v) is 5.33. The van der Waals surface area contributed by atoms with E-state index in [2.05, 4.69) is 34.5 Å². The van der Waals surface area contributed by atoms with E-state index in [-0.39, 0.29) is 5.91 Å². The zero-order chi connectivity index (χ0) is 14.4. The summed E-state index contributed by atoms with van der Waals surface area (Å²) in [5, 5.41) is 3.26. The molecule has 4 nitrogen and oxygen atoms in total. The Hall–Kier alpha value is -1.55. The molecule has 0 atom stereocenters. The molecule has 0 radical (unpaired) electrons. The molecule has 0 aromatic heterocycles. The molecule has 1 aromatic carbocycles. The van der Waals surface area contributed by atoms with E-state index in [4.69, 9.17) is 0 Å². The summed E-state index contributed by atoms with van der Waals surface area (Å²) >= 11 is 0. The predicted molar refractivity (Wildman–Crippen MR) is 82.9 cm³/mol. The summed E-state index contributed by atoms with van der Waals surface area (Å²) in [6, 6.07) is 8.49. The molecule has 0 bridgehead atoms. The average Bonchev–Trinajstić information content (AvgIpc) is 3.00. The third kappa shape index (κ3) is 3.73. The van der Waals surface area contributed by atoms with E-state index in [9.17, 15) is 4.79 Å². The number of nitrogens with one attached hydrogen (secondary N) is 1. The molecule has 0 aliphatic carbocycles. The Morgan fingerprint density at radius 3 is 2.70 bits per heavy atom. The van der Waals surface area contributed by atoms with Crippen LogP contribution in [-0.2, 0) is 11.3 Å². The van der Waals surface area contributed by atoms with Gasteiger partial charge < -0.3 is 15.1 Å². The maximum absolute atomic E-state index is 11.8. The van der Waals surface area contributed by atoms with Crippen LogP contribution < -0.4 is 10.2 Å². The highest BCUT2D eigenvalue weighted by atomic mass is 16.2. The molecule has 20 heavy (non-hydrogen) atoms. The number of carbonyl (C=O) groups excluding carboxylic acids is 1. The van der Waals surface area contributed by atoms with Gasteiger partial charge in [-0.25, -0.2) is 0 Å². The summed E-state index contributed by atoms with van der Waals surface area (Å²) < 4.78 is 0. The number of amides is 1. The smallest absolute Gasteiger partial charge is 0.236 e. The summed E-state index contributed by atoms with van der Waals surface area (Å²) in [7, 11) is 1.84. The van der Waals surface area contributed by atoms with Crippen LogP contribution in [0, 0.1) is 0 Å². The molecule has 1 N–H and O–H groups in total. The van der Waals surface area contributed by atoms with Gasteiger partial charge in [0.05, 0.1) is 6.54 Å². The summed E-state index contributed by atoms with van der Waals surface area (Å²) in [6.07, 6.45) is 2.56. The van der Waals surface area contributed by atoms with Crippen LogP contribution >= 0.6 is 0 Å². The molecule has 0 unspecified atom stereocenters. The number of anilines is 1. The van der Waals surface area contributed by atoms with Crippen molar-refractivity contribution in [3.05, 3.63) is 29.8 Å². The second kappa shape index (κ2) is 7.29. The maximum Gasteiger partial charge on any atom is 0.236 e. The van der Waals surface area contributed by atoms with Crippen LogP contribution in [0.2, 0.25) is 0 Å². The molecule has 0 spiro atoms. The molecule has 1 heterocycles. The van der Waals surface area contributed by atoms with Crippen LogP contribution in [0.3, 0.4) is 0 Å². The standard InChI is InChI=1S/C16H25N3O/c1-3-18(2)16(20)13-17-12-14-8-4-5-9-15(14)19-10-6-7-11-19/h4-5,8-9,17H,3,6-7,10-13H2,1-2H3. The van der Waals surface area contributed by atoms with E-state index >= 15 is 0 Å². The van der Waals surface area contributed by atoms with Gasteiger partial charge in [0.2, 0.25) is 5.91 Å². The summed E-state index contributed by atoms with van der Waals surface area (Å²) in [5.41, 5.74) is 2.59. The van der Waals surface area contributed by atoms with Gasteiger partial charge in [-0.2, -0.15) is 0 Å². The van der Waals surface area contributed by atoms with Crippen molar-refractivity contribution >= 4 is 11.6 Å². The predicted octanol–water partition coefficient (Wildman–Crippen LogP) is 1.85. The highest BCUT2D eigenvalue weighted by molar-refractivity contribution is 5.77. The van der Waals surface area contributed by atoms with Crippen molar-refractivity contribution in [3.8, 4) is 0 Å². The van der Waals surface area contributed by atoms with Crippen molar-refractivity contribution in [2.45, 2.75) is 26.3 Å². The van der Waals surface area contributed by atoms with Crippen LogP contribution in [0.5, 0.6) is 0 Å². The first-order chi connectivity index (χ1) is 9.72. The Morgan fingerprint density at radius 1 is 1.30 bits per heavy atom. The highest BCUT2D eigenvalue weighted by Crippen LogP contribution is 2.24. The molecular weight excluding hydrogens is 250 g/mol. The Bertz CT molecular complexity index is 441. The van der Waals surface area contributed by atoms with Crippen LogP contribution in [0.15, 0.2) is 24.3 Å². The average molecular weight is 275 g/mol. The second-order valence-electron chi connectivity index (χ2n) is 5.33. The van der Waals surface area contributed by atoms with E-state index in [0.717, 1.165) is 26.2 Å². The molecule has 1 saturated heterocycles. The summed E-state index contributed by atoms with van der Waals surface area (Å²) in [6.45, 7) is 6.18. The van der Waals surface area contributed by atoms with Crippen molar-refractivity contribution in [3.63, 3.8) is 0 Å². The third-order valence-corrected chi connectivity index (χ3v) is 3.93. The van der Waals surface area contributed by atoms with Crippen molar-refractivity contribution in [2.75, 3.05) is 38.1 Å². The maximum atomic E-state index is 11.8. The topological polar surface area (TPSA) is 35.6 Å². The molecule has 1 aromatic rings. The first kappa shape index (κ1) is 14.9. The molecule has 1 amide bonds. The van der Waals surface area contributed by atoms with Crippen LogP contribution in [0.1, 0.15) is 25.3 Å². The lowest BCUT2D eigenvalue weighted by atomic mass is 10.1. The van der Waals surface area contributed by atoms with Crippen LogP contribution in [0.4, 0.5) is 5.69 Å². The fourth-order valence-electron chi connectivity index (χ4n) is 2.54. The van der Waals surface area contributed by atoms with Crippen molar-refractivity contribution < 1.29 is 4.79 Å². The zero-order valence-electron chi connectivity index (χ0n) is 12.6. The van der Waals surface area contributed by atoms with Gasteiger partial charge in [-0.15, -0.1) is 0 Å². The SMILES string of the molecule is CCN(C)C(=O)CNCc1ccccc1N1CCCC1. The van der Waals surface area contributed by atoms with Gasteiger partial charge in [-0.3, -0.25) is 4.79 Å². The largest absolute Gasteiger partial charge is 0.371 e. The quantitative estimate of drug-likeness (QED) is 0.860. The Labute approximate surface area is 121 Å². The minimum Gasteiger partial charge on any atom is -0.371 e. The van der Waals surface area contributed by atoms with Crippen molar-refractivity contribution in [1.82, 2.24) is 10.2 Å². The van der Waals surface area contributed by atoms with Gasteiger partial charge in [0.15, 0.2) is 0 Å². The van der Waals surface area contributed by atoms with Gasteiger partial charge >= 0.3 is 0 Å². The molecule has 1 aliphatic heterocycles. The zero-order valence-corrected chi connectivity index (χ0v) is 12.6. The first-order valence-corrected chi connectivity index (χ1v) is 7.50. The number of carbonyl (C=O) groups is 1. The Kier molecular flexibility index (Phi) is 5.41. The fourth-order valence-corrected chi connectivity index (χ4v) is 2.54. The lowest BCUT2D eigenvalue weighted by Gasteiger charge is -2.22. The van der Waals surface area contributed by atoms with Crippen LogP contribution in [0.25, 0.3) is 0 Å². The lowest BCUT2D eigenvalue weighted by Crippen LogP contribution is -2.35. The van der Waals surface area contributed by atoms with Gasteiger partial charge in [0, 0.05) is 38.9 Å². The lowest BCUT2D eigenvalue weighted by molar-refractivity contribution is -0.128. The van der Waals surface area contributed by atoms with Crippen molar-refractivity contribution in [2.24, 2.45) is 0 Å². The molecule has 110 valence electrons. The minimum atomic E-state index is 0.145. The summed E-state index contributed by atoms with van der Waals surface area (Å²) in [5.74, 6) is 0.145. The molecule has 1 aliphatic rings. The number of rotatable bonds is 6. The summed E-state index contributed by atoms with van der Waals surface area (Å²) in [4.78, 5) is 15.9. The number of nitrogens with zero attached hydrogens (tertiary/aromatic N) is 2. The first-order valence-electron chi connectivity index (χ1n) is 7.50. The van der Waals surface area contributed by atoms with E-state index < -0.39 is 0 Å². The van der Waals surface area contributed by atoms with E-state index in [1.165, 1.54) is 24.1 Å². The highest BCUT2D eigenvalue weighted by Gasteiger charge is 2.15. The Balaban J connectivity index is 1.91. The molecule has 2 rings (SSSR count). The minimum absolute atomic E-state index is 0.145. The number of para-hydroxylation sites is 1. The van der Waals surface area contributed by atoms with E-state index in [1.54, 1.807) is 4.90 Å². The number of hydrogen-bond donors (Lipinski definition) is 1.